The Morgan fingerprint density at radius 3 is 2.48 bits per heavy atom. The number of rotatable bonds is 4. The van der Waals surface area contributed by atoms with Crippen LogP contribution in [0.15, 0.2) is 48.5 Å². The van der Waals surface area contributed by atoms with Gasteiger partial charge in [-0.1, -0.05) is 36.4 Å². The van der Waals surface area contributed by atoms with Gasteiger partial charge in [0, 0.05) is 6.54 Å². The molecule has 110 valence electrons. The number of hydrogen-bond acceptors (Lipinski definition) is 1. The van der Waals surface area contributed by atoms with E-state index in [1.54, 1.807) is 6.92 Å². The molecule has 2 rings (SSSR count). The fourth-order valence-corrected chi connectivity index (χ4v) is 1.89. The van der Waals surface area contributed by atoms with Crippen molar-refractivity contribution in [2.24, 2.45) is 0 Å². The number of carbonyl (C=O) groups is 1. The predicted molar refractivity (Wildman–Crippen MR) is 76.6 cm³/mol. The van der Waals surface area contributed by atoms with Crippen LogP contribution < -0.4 is 10.6 Å². The van der Waals surface area contributed by atoms with E-state index in [4.69, 9.17) is 0 Å². The molecule has 2 amide bonds. The number of nitrogens with one attached hydrogen (secondary N) is 2. The van der Waals surface area contributed by atoms with Crippen LogP contribution in [0.4, 0.5) is 13.6 Å². The van der Waals surface area contributed by atoms with Gasteiger partial charge in [0.15, 0.2) is 11.6 Å². The molecule has 0 aliphatic carbocycles. The number of halogens is 2. The summed E-state index contributed by atoms with van der Waals surface area (Å²) in [5.74, 6) is -1.83. The summed E-state index contributed by atoms with van der Waals surface area (Å²) in [4.78, 5) is 11.8. The van der Waals surface area contributed by atoms with E-state index in [-0.39, 0.29) is 6.03 Å². The van der Waals surface area contributed by atoms with Gasteiger partial charge in [-0.15, -0.1) is 0 Å². The van der Waals surface area contributed by atoms with Crippen molar-refractivity contribution in [2.75, 3.05) is 0 Å². The van der Waals surface area contributed by atoms with Crippen molar-refractivity contribution in [3.63, 3.8) is 0 Å². The zero-order valence-electron chi connectivity index (χ0n) is 11.6. The van der Waals surface area contributed by atoms with E-state index >= 15 is 0 Å². The maximum atomic E-state index is 13.1. The minimum absolute atomic E-state index is 0.365. The highest BCUT2D eigenvalue weighted by atomic mass is 19.2. The Morgan fingerprint density at radius 2 is 1.81 bits per heavy atom. The highest BCUT2D eigenvalue weighted by Crippen LogP contribution is 2.15. The Balaban J connectivity index is 1.88. The molecule has 5 heteroatoms. The van der Waals surface area contributed by atoms with Gasteiger partial charge in [0.05, 0.1) is 6.04 Å². The lowest BCUT2D eigenvalue weighted by Crippen LogP contribution is -2.36. The number of urea groups is 1. The number of carbonyl (C=O) groups excluding carboxylic acids is 1. The molecule has 0 saturated heterocycles. The molecule has 1 atom stereocenters. The van der Waals surface area contributed by atoms with Crippen molar-refractivity contribution < 1.29 is 13.6 Å². The van der Waals surface area contributed by atoms with Gasteiger partial charge in [0.25, 0.3) is 0 Å². The van der Waals surface area contributed by atoms with Crippen LogP contribution in [-0.4, -0.2) is 6.03 Å². The van der Waals surface area contributed by atoms with Crippen LogP contribution in [0.2, 0.25) is 0 Å². The Kier molecular flexibility index (Phi) is 4.87. The van der Waals surface area contributed by atoms with E-state index in [1.165, 1.54) is 6.07 Å². The summed E-state index contributed by atoms with van der Waals surface area (Å²) in [6.07, 6.45) is 0. The van der Waals surface area contributed by atoms with Gasteiger partial charge in [0.2, 0.25) is 0 Å². The summed E-state index contributed by atoms with van der Waals surface area (Å²) in [5.41, 5.74) is 1.48. The fraction of sp³-hybridized carbons (Fsp3) is 0.188. The standard InChI is InChI=1S/C16H16F2N2O/c1-11(13-7-8-14(17)15(18)9-13)20-16(21)19-10-12-5-3-2-4-6-12/h2-9,11H,10H2,1H3,(H2,19,20,21)/t11-/m0/s1. The van der Waals surface area contributed by atoms with E-state index in [2.05, 4.69) is 10.6 Å². The molecular weight excluding hydrogens is 274 g/mol. The van der Waals surface area contributed by atoms with Gasteiger partial charge in [-0.3, -0.25) is 0 Å². The highest BCUT2D eigenvalue weighted by Gasteiger charge is 2.11. The molecule has 0 aliphatic rings. The van der Waals surface area contributed by atoms with Crippen molar-refractivity contribution in [1.82, 2.24) is 10.6 Å². The quantitative estimate of drug-likeness (QED) is 0.888. The molecule has 0 aliphatic heterocycles. The van der Waals surface area contributed by atoms with Crippen LogP contribution in [0.1, 0.15) is 24.1 Å². The van der Waals surface area contributed by atoms with Gasteiger partial charge >= 0.3 is 6.03 Å². The Morgan fingerprint density at radius 1 is 1.10 bits per heavy atom. The van der Waals surface area contributed by atoms with E-state index in [1.807, 2.05) is 30.3 Å². The zero-order valence-corrected chi connectivity index (χ0v) is 11.6. The van der Waals surface area contributed by atoms with E-state index in [9.17, 15) is 13.6 Å². The summed E-state index contributed by atoms with van der Waals surface area (Å²) in [6.45, 7) is 2.10. The molecule has 0 unspecified atom stereocenters. The normalized spacial score (nSPS) is 11.8. The Bertz CT molecular complexity index is 617. The van der Waals surface area contributed by atoms with Crippen LogP contribution in [0, 0.1) is 11.6 Å². The molecule has 21 heavy (non-hydrogen) atoms. The van der Waals surface area contributed by atoms with Gasteiger partial charge in [0.1, 0.15) is 0 Å². The molecule has 0 saturated carbocycles. The van der Waals surface area contributed by atoms with Gasteiger partial charge in [-0.25, -0.2) is 13.6 Å². The molecular formula is C16H16F2N2O. The summed E-state index contributed by atoms with van der Waals surface area (Å²) < 4.78 is 26.0. The van der Waals surface area contributed by atoms with Gasteiger partial charge in [-0.05, 0) is 30.2 Å². The summed E-state index contributed by atoms with van der Waals surface area (Å²) >= 11 is 0. The van der Waals surface area contributed by atoms with Crippen molar-refractivity contribution in [2.45, 2.75) is 19.5 Å². The molecule has 0 radical (unpaired) electrons. The summed E-state index contributed by atoms with van der Waals surface area (Å²) in [5, 5.41) is 5.38. The van der Waals surface area contributed by atoms with Crippen LogP contribution in [0.3, 0.4) is 0 Å². The van der Waals surface area contributed by atoms with Crippen molar-refractivity contribution in [1.29, 1.82) is 0 Å². The van der Waals surface area contributed by atoms with E-state index in [0.29, 0.717) is 12.1 Å². The first-order valence-corrected chi connectivity index (χ1v) is 6.59. The first-order valence-electron chi connectivity index (χ1n) is 6.59. The summed E-state index contributed by atoms with van der Waals surface area (Å²) in [6, 6.07) is 12.3. The van der Waals surface area contributed by atoms with Crippen molar-refractivity contribution in [3.05, 3.63) is 71.3 Å². The predicted octanol–water partition coefficient (Wildman–Crippen LogP) is 3.53. The second-order valence-corrected chi connectivity index (χ2v) is 4.71. The lowest BCUT2D eigenvalue weighted by atomic mass is 10.1. The first-order chi connectivity index (χ1) is 10.1. The minimum atomic E-state index is -0.925. The maximum Gasteiger partial charge on any atom is 0.315 e. The monoisotopic (exact) mass is 290 g/mol. The molecule has 0 heterocycles. The lowest BCUT2D eigenvalue weighted by molar-refractivity contribution is 0.237. The van der Waals surface area contributed by atoms with Crippen LogP contribution >= 0.6 is 0 Å². The highest BCUT2D eigenvalue weighted by molar-refractivity contribution is 5.74. The molecule has 0 fully saturated rings. The molecule has 0 aromatic heterocycles. The smallest absolute Gasteiger partial charge is 0.315 e. The molecule has 0 spiro atoms. The number of amides is 2. The van der Waals surface area contributed by atoms with Crippen molar-refractivity contribution >= 4 is 6.03 Å². The van der Waals surface area contributed by atoms with Gasteiger partial charge < -0.3 is 10.6 Å². The largest absolute Gasteiger partial charge is 0.334 e. The average Bonchev–Trinajstić information content (AvgIpc) is 2.49. The SMILES string of the molecule is C[C@H](NC(=O)NCc1ccccc1)c1ccc(F)c(F)c1. The van der Waals surface area contributed by atoms with Gasteiger partial charge in [-0.2, -0.15) is 0 Å². The second-order valence-electron chi connectivity index (χ2n) is 4.71. The lowest BCUT2D eigenvalue weighted by Gasteiger charge is -2.15. The second kappa shape index (κ2) is 6.83. The van der Waals surface area contributed by atoms with Crippen LogP contribution in [-0.2, 0) is 6.54 Å². The first kappa shape index (κ1) is 15.0. The third kappa shape index (κ3) is 4.27. The Labute approximate surface area is 122 Å². The third-order valence-electron chi connectivity index (χ3n) is 3.09. The summed E-state index contributed by atoms with van der Waals surface area (Å²) in [7, 11) is 0. The zero-order chi connectivity index (χ0) is 15.2. The average molecular weight is 290 g/mol. The molecule has 2 N–H and O–H groups in total. The Hall–Kier alpha value is -2.43. The molecule has 3 nitrogen and oxygen atoms in total. The van der Waals surface area contributed by atoms with Crippen molar-refractivity contribution in [3.8, 4) is 0 Å². The third-order valence-corrected chi connectivity index (χ3v) is 3.09. The number of benzene rings is 2. The number of hydrogen-bond donors (Lipinski definition) is 2. The van der Waals surface area contributed by atoms with Crippen LogP contribution in [0.5, 0.6) is 0 Å². The van der Waals surface area contributed by atoms with Crippen LogP contribution in [0.25, 0.3) is 0 Å². The van der Waals surface area contributed by atoms with E-state index < -0.39 is 17.7 Å². The molecule has 2 aromatic rings. The molecule has 0 bridgehead atoms. The minimum Gasteiger partial charge on any atom is -0.334 e. The maximum absolute atomic E-state index is 13.1. The molecule has 2 aromatic carbocycles. The topological polar surface area (TPSA) is 41.1 Å². The van der Waals surface area contributed by atoms with E-state index in [0.717, 1.165) is 17.7 Å². The fourth-order valence-electron chi connectivity index (χ4n) is 1.89.